The maximum atomic E-state index is 11.3. The van der Waals surface area contributed by atoms with Crippen LogP contribution in [0.1, 0.15) is 13.3 Å². The van der Waals surface area contributed by atoms with Crippen LogP contribution < -0.4 is 0 Å². The topological polar surface area (TPSA) is 49.8 Å². The zero-order valence-corrected chi connectivity index (χ0v) is 8.41. The van der Waals surface area contributed by atoms with Crippen LogP contribution >= 0.6 is 0 Å². The molecule has 4 heteroatoms. The maximum absolute atomic E-state index is 11.3. The molecule has 76 valence electrons. The Morgan fingerprint density at radius 3 is 2.85 bits per heavy atom. The van der Waals surface area contributed by atoms with Crippen LogP contribution in [0, 0.1) is 5.92 Å². The highest BCUT2D eigenvalue weighted by Crippen LogP contribution is 2.27. The van der Waals surface area contributed by atoms with Crippen LogP contribution in [-0.4, -0.2) is 48.8 Å². The minimum atomic E-state index is -0.917. The molecule has 1 aliphatic heterocycles. The van der Waals surface area contributed by atoms with Crippen molar-refractivity contribution in [2.45, 2.75) is 18.9 Å². The quantitative estimate of drug-likeness (QED) is 0.581. The fraction of sp³-hybridized carbons (Fsp3) is 0.889. The summed E-state index contributed by atoms with van der Waals surface area (Å²) >= 11 is 0. The third-order valence-corrected chi connectivity index (χ3v) is 2.73. The van der Waals surface area contributed by atoms with Gasteiger partial charge in [-0.25, -0.2) is 0 Å². The Labute approximate surface area is 78.5 Å². The van der Waals surface area contributed by atoms with E-state index >= 15 is 0 Å². The second-order valence-corrected chi connectivity index (χ2v) is 3.95. The number of methoxy groups -OCH3 is 1. The van der Waals surface area contributed by atoms with Crippen LogP contribution in [0.2, 0.25) is 0 Å². The molecule has 0 saturated carbocycles. The predicted octanol–water partition coefficient (Wildman–Crippen LogP) is -0.138. The number of rotatable bonds is 1. The molecule has 1 saturated heterocycles. The van der Waals surface area contributed by atoms with Gasteiger partial charge in [0.1, 0.15) is 0 Å². The third-order valence-electron chi connectivity index (χ3n) is 2.73. The fourth-order valence-electron chi connectivity index (χ4n) is 1.66. The number of likely N-dealkylation sites (tertiary alicyclic amines) is 1. The molecule has 1 aliphatic rings. The highest BCUT2D eigenvalue weighted by Gasteiger charge is 2.41. The van der Waals surface area contributed by atoms with Crippen LogP contribution in [-0.2, 0) is 9.53 Å². The molecule has 1 rings (SSSR count). The average Bonchev–Trinajstić information content (AvgIpc) is 2.08. The first kappa shape index (κ1) is 10.5. The Hall–Kier alpha value is -0.610. The van der Waals surface area contributed by atoms with E-state index in [0.29, 0.717) is 13.0 Å². The molecule has 0 aromatic carbocycles. The summed E-state index contributed by atoms with van der Waals surface area (Å²) in [6, 6.07) is 0. The van der Waals surface area contributed by atoms with Crippen molar-refractivity contribution < 1.29 is 14.6 Å². The van der Waals surface area contributed by atoms with Crippen molar-refractivity contribution in [2.24, 2.45) is 5.92 Å². The van der Waals surface area contributed by atoms with Crippen LogP contribution in [0.4, 0.5) is 0 Å². The van der Waals surface area contributed by atoms with Crippen molar-refractivity contribution in [3.63, 3.8) is 0 Å². The Morgan fingerprint density at radius 2 is 2.31 bits per heavy atom. The van der Waals surface area contributed by atoms with E-state index in [1.165, 1.54) is 7.11 Å². The third kappa shape index (κ3) is 2.19. The molecule has 2 atom stereocenters. The van der Waals surface area contributed by atoms with E-state index in [2.05, 4.69) is 4.74 Å². The Balaban J connectivity index is 2.72. The van der Waals surface area contributed by atoms with Crippen molar-refractivity contribution in [3.8, 4) is 0 Å². The second-order valence-electron chi connectivity index (χ2n) is 3.95. The normalized spacial score (nSPS) is 35.8. The first-order valence-corrected chi connectivity index (χ1v) is 4.46. The van der Waals surface area contributed by atoms with Crippen LogP contribution in [0.25, 0.3) is 0 Å². The molecular weight excluding hydrogens is 170 g/mol. The van der Waals surface area contributed by atoms with Gasteiger partial charge in [0, 0.05) is 13.1 Å². The van der Waals surface area contributed by atoms with Gasteiger partial charge in [0.2, 0.25) is 0 Å². The van der Waals surface area contributed by atoms with E-state index in [1.54, 1.807) is 6.92 Å². The molecule has 1 N–H and O–H groups in total. The summed E-state index contributed by atoms with van der Waals surface area (Å²) in [4.78, 5) is 13.3. The van der Waals surface area contributed by atoms with Gasteiger partial charge in [-0.2, -0.15) is 0 Å². The van der Waals surface area contributed by atoms with E-state index in [9.17, 15) is 9.90 Å². The van der Waals surface area contributed by atoms with Gasteiger partial charge in [0.05, 0.1) is 18.6 Å². The molecule has 1 fully saturated rings. The summed E-state index contributed by atoms with van der Waals surface area (Å²) in [5.74, 6) is -0.743. The summed E-state index contributed by atoms with van der Waals surface area (Å²) < 4.78 is 4.65. The summed E-state index contributed by atoms with van der Waals surface area (Å²) in [6.07, 6.45) is 0.614. The molecule has 0 aromatic heterocycles. The van der Waals surface area contributed by atoms with E-state index in [4.69, 9.17) is 0 Å². The average molecular weight is 187 g/mol. The SMILES string of the molecule is COC(=O)[C@H]1CN(C)CC[C@@]1(C)O. The largest absolute Gasteiger partial charge is 0.469 e. The van der Waals surface area contributed by atoms with E-state index in [1.807, 2.05) is 11.9 Å². The van der Waals surface area contributed by atoms with E-state index in [0.717, 1.165) is 6.54 Å². The fourth-order valence-corrected chi connectivity index (χ4v) is 1.66. The van der Waals surface area contributed by atoms with Gasteiger partial charge < -0.3 is 14.7 Å². The molecule has 0 amide bonds. The number of hydrogen-bond donors (Lipinski definition) is 1. The number of esters is 1. The molecule has 0 aromatic rings. The number of ether oxygens (including phenoxy) is 1. The first-order valence-electron chi connectivity index (χ1n) is 4.46. The number of hydrogen-bond acceptors (Lipinski definition) is 4. The minimum Gasteiger partial charge on any atom is -0.469 e. The second kappa shape index (κ2) is 3.64. The van der Waals surface area contributed by atoms with Crippen LogP contribution in [0.15, 0.2) is 0 Å². The highest BCUT2D eigenvalue weighted by molar-refractivity contribution is 5.74. The molecule has 0 bridgehead atoms. The smallest absolute Gasteiger partial charge is 0.312 e. The number of carbonyl (C=O) groups excluding carboxylic acids is 1. The summed E-state index contributed by atoms with van der Waals surface area (Å²) in [7, 11) is 3.29. The summed E-state index contributed by atoms with van der Waals surface area (Å²) in [6.45, 7) is 3.09. The lowest BCUT2D eigenvalue weighted by molar-refractivity contribution is -0.160. The standard InChI is InChI=1S/C9H17NO3/c1-9(12)4-5-10(2)6-7(9)8(11)13-3/h7,12H,4-6H2,1-3H3/t7-,9-/m1/s1. The molecule has 0 radical (unpaired) electrons. The van der Waals surface area contributed by atoms with Gasteiger partial charge in [-0.1, -0.05) is 0 Å². The molecule has 0 aliphatic carbocycles. The van der Waals surface area contributed by atoms with Crippen molar-refractivity contribution in [1.29, 1.82) is 0 Å². The predicted molar refractivity (Wildman–Crippen MR) is 48.2 cm³/mol. The lowest BCUT2D eigenvalue weighted by atomic mass is 9.83. The van der Waals surface area contributed by atoms with E-state index < -0.39 is 11.5 Å². The van der Waals surface area contributed by atoms with Crippen LogP contribution in [0.5, 0.6) is 0 Å². The van der Waals surface area contributed by atoms with Crippen LogP contribution in [0.3, 0.4) is 0 Å². The highest BCUT2D eigenvalue weighted by atomic mass is 16.5. The number of carbonyl (C=O) groups is 1. The minimum absolute atomic E-state index is 0.323. The monoisotopic (exact) mass is 187 g/mol. The van der Waals surface area contributed by atoms with Crippen molar-refractivity contribution >= 4 is 5.97 Å². The molecule has 13 heavy (non-hydrogen) atoms. The summed E-state index contributed by atoms with van der Waals surface area (Å²) in [5, 5.41) is 9.93. The Kier molecular flexibility index (Phi) is 2.93. The molecule has 1 heterocycles. The molecule has 4 nitrogen and oxygen atoms in total. The van der Waals surface area contributed by atoms with Crippen molar-refractivity contribution in [3.05, 3.63) is 0 Å². The zero-order chi connectivity index (χ0) is 10.1. The van der Waals surface area contributed by atoms with E-state index in [-0.39, 0.29) is 5.97 Å². The lowest BCUT2D eigenvalue weighted by Crippen LogP contribution is -2.52. The van der Waals surface area contributed by atoms with Gasteiger partial charge in [0.15, 0.2) is 0 Å². The van der Waals surface area contributed by atoms with Gasteiger partial charge in [-0.05, 0) is 20.4 Å². The lowest BCUT2D eigenvalue weighted by Gasteiger charge is -2.39. The number of nitrogens with zero attached hydrogens (tertiary/aromatic N) is 1. The zero-order valence-electron chi connectivity index (χ0n) is 8.41. The van der Waals surface area contributed by atoms with Crippen molar-refractivity contribution in [2.75, 3.05) is 27.2 Å². The molecular formula is C9H17NO3. The molecule has 0 spiro atoms. The number of aliphatic hydroxyl groups is 1. The Bertz CT molecular complexity index is 203. The van der Waals surface area contributed by atoms with Crippen molar-refractivity contribution in [1.82, 2.24) is 4.90 Å². The maximum Gasteiger partial charge on any atom is 0.312 e. The summed E-state index contributed by atoms with van der Waals surface area (Å²) in [5.41, 5.74) is -0.917. The van der Waals surface area contributed by atoms with Gasteiger partial charge in [0.25, 0.3) is 0 Å². The first-order chi connectivity index (χ1) is 5.97. The number of piperidine rings is 1. The Morgan fingerprint density at radius 1 is 1.69 bits per heavy atom. The van der Waals surface area contributed by atoms with Gasteiger partial charge >= 0.3 is 5.97 Å². The van der Waals surface area contributed by atoms with Gasteiger partial charge in [-0.15, -0.1) is 0 Å². The molecule has 0 unspecified atom stereocenters. The van der Waals surface area contributed by atoms with Gasteiger partial charge in [-0.3, -0.25) is 4.79 Å².